The highest BCUT2D eigenvalue weighted by molar-refractivity contribution is 5.96. The highest BCUT2D eigenvalue weighted by atomic mass is 16.5. The number of aromatic amines is 1. The van der Waals surface area contributed by atoms with Crippen LogP contribution in [-0.4, -0.2) is 45.7 Å². The first-order chi connectivity index (χ1) is 11.3. The number of carbonyl (C=O) groups excluding carboxylic acids is 1. The number of nitrogens with zero attached hydrogens (tertiary/aromatic N) is 3. The minimum atomic E-state index is 0.0101. The first-order valence-corrected chi connectivity index (χ1v) is 8.13. The van der Waals surface area contributed by atoms with Gasteiger partial charge in [0.25, 0.3) is 5.91 Å². The maximum absolute atomic E-state index is 12.8. The normalized spacial score (nSPS) is 18.0. The molecule has 0 spiro atoms. The molecule has 3 rings (SSSR count). The van der Waals surface area contributed by atoms with Crippen LogP contribution in [0.1, 0.15) is 35.8 Å². The van der Waals surface area contributed by atoms with Gasteiger partial charge in [-0.3, -0.25) is 9.89 Å². The fourth-order valence-electron chi connectivity index (χ4n) is 3.10. The summed E-state index contributed by atoms with van der Waals surface area (Å²) in [7, 11) is 0. The van der Waals surface area contributed by atoms with Crippen molar-refractivity contribution in [2.24, 2.45) is 5.92 Å². The smallest absolute Gasteiger partial charge is 0.259 e. The predicted octanol–water partition coefficient (Wildman–Crippen LogP) is 2.30. The number of nitrogens with one attached hydrogen (secondary N) is 1. The Labute approximate surface area is 135 Å². The topological polar surface area (TPSA) is 71.1 Å². The van der Waals surface area contributed by atoms with Crippen LogP contribution in [0.25, 0.3) is 0 Å². The fourth-order valence-corrected chi connectivity index (χ4v) is 3.10. The zero-order valence-corrected chi connectivity index (χ0v) is 13.4. The summed E-state index contributed by atoms with van der Waals surface area (Å²) in [6.07, 6.45) is 6.50. The highest BCUT2D eigenvalue weighted by Gasteiger charge is 2.26. The Hall–Kier alpha value is -2.37. The molecule has 0 radical (unpaired) electrons. The molecule has 0 aromatic carbocycles. The van der Waals surface area contributed by atoms with Crippen LogP contribution in [0.3, 0.4) is 0 Å². The van der Waals surface area contributed by atoms with E-state index in [-0.39, 0.29) is 5.91 Å². The van der Waals surface area contributed by atoms with Gasteiger partial charge < -0.3 is 9.64 Å². The maximum Gasteiger partial charge on any atom is 0.259 e. The quantitative estimate of drug-likeness (QED) is 0.919. The Morgan fingerprint density at radius 2 is 2.35 bits per heavy atom. The monoisotopic (exact) mass is 314 g/mol. The zero-order chi connectivity index (χ0) is 16.1. The second-order valence-corrected chi connectivity index (χ2v) is 5.83. The number of likely N-dealkylation sites (tertiary alicyclic amines) is 1. The summed E-state index contributed by atoms with van der Waals surface area (Å²) in [6.45, 7) is 3.95. The standard InChI is InChI=1S/C17H22N4O2/c1-2-23-16-15(6-3-8-18-16)17(22)21-10-4-5-13(12-21)11-14-7-9-19-20-14/h3,6-9,13H,2,4-5,10-12H2,1H3,(H,19,20)/t13-/m1/s1. The molecule has 1 N–H and O–H groups in total. The van der Waals surface area contributed by atoms with E-state index in [0.717, 1.165) is 38.0 Å². The van der Waals surface area contributed by atoms with Gasteiger partial charge in [-0.1, -0.05) is 0 Å². The van der Waals surface area contributed by atoms with Crippen molar-refractivity contribution in [3.63, 3.8) is 0 Å². The Morgan fingerprint density at radius 3 is 3.13 bits per heavy atom. The van der Waals surface area contributed by atoms with Gasteiger partial charge in [-0.05, 0) is 50.3 Å². The van der Waals surface area contributed by atoms with Crippen molar-refractivity contribution in [1.82, 2.24) is 20.1 Å². The molecule has 1 aliphatic rings. The Kier molecular flexibility index (Phi) is 4.90. The van der Waals surface area contributed by atoms with Crippen LogP contribution >= 0.6 is 0 Å². The molecule has 1 saturated heterocycles. The van der Waals surface area contributed by atoms with Gasteiger partial charge in [-0.15, -0.1) is 0 Å². The lowest BCUT2D eigenvalue weighted by Crippen LogP contribution is -2.40. The average Bonchev–Trinajstić information content (AvgIpc) is 3.08. The molecule has 0 bridgehead atoms. The number of ether oxygens (including phenoxy) is 1. The van der Waals surface area contributed by atoms with Gasteiger partial charge in [0.2, 0.25) is 5.88 Å². The third-order valence-corrected chi connectivity index (χ3v) is 4.16. The van der Waals surface area contributed by atoms with Gasteiger partial charge in [0.15, 0.2) is 0 Å². The van der Waals surface area contributed by atoms with Gasteiger partial charge in [-0.2, -0.15) is 5.10 Å². The van der Waals surface area contributed by atoms with Crippen molar-refractivity contribution in [3.8, 4) is 5.88 Å². The molecular formula is C17H22N4O2. The summed E-state index contributed by atoms with van der Waals surface area (Å²) in [4.78, 5) is 18.9. The van der Waals surface area contributed by atoms with Crippen LogP contribution in [-0.2, 0) is 6.42 Å². The summed E-state index contributed by atoms with van der Waals surface area (Å²) < 4.78 is 5.49. The SMILES string of the molecule is CCOc1ncccc1C(=O)N1CCC[C@H](Cc2ccn[nH]2)C1. The molecule has 0 aliphatic carbocycles. The molecule has 1 atom stereocenters. The molecule has 2 aromatic rings. The summed E-state index contributed by atoms with van der Waals surface area (Å²) in [5.41, 5.74) is 1.68. The minimum Gasteiger partial charge on any atom is -0.477 e. The lowest BCUT2D eigenvalue weighted by molar-refractivity contribution is 0.0667. The molecular weight excluding hydrogens is 292 g/mol. The van der Waals surface area contributed by atoms with Crippen LogP contribution < -0.4 is 4.74 Å². The second kappa shape index (κ2) is 7.26. The van der Waals surface area contributed by atoms with Crippen LogP contribution in [0.15, 0.2) is 30.6 Å². The number of hydrogen-bond donors (Lipinski definition) is 1. The van der Waals surface area contributed by atoms with E-state index >= 15 is 0 Å². The number of carbonyl (C=O) groups is 1. The number of pyridine rings is 1. The van der Waals surface area contributed by atoms with Crippen LogP contribution in [0, 0.1) is 5.92 Å². The van der Waals surface area contributed by atoms with Crippen molar-refractivity contribution in [3.05, 3.63) is 41.9 Å². The lowest BCUT2D eigenvalue weighted by Gasteiger charge is -2.32. The first kappa shape index (κ1) is 15.5. The molecule has 0 unspecified atom stereocenters. The number of amides is 1. The van der Waals surface area contributed by atoms with Gasteiger partial charge in [0.1, 0.15) is 5.56 Å². The molecule has 1 aliphatic heterocycles. The third kappa shape index (κ3) is 3.70. The van der Waals surface area contributed by atoms with Crippen molar-refractivity contribution >= 4 is 5.91 Å². The largest absolute Gasteiger partial charge is 0.477 e. The number of hydrogen-bond acceptors (Lipinski definition) is 4. The van der Waals surface area contributed by atoms with E-state index < -0.39 is 0 Å². The van der Waals surface area contributed by atoms with Gasteiger partial charge in [0, 0.05) is 31.2 Å². The molecule has 3 heterocycles. The first-order valence-electron chi connectivity index (χ1n) is 8.13. The number of rotatable bonds is 5. The van der Waals surface area contributed by atoms with Gasteiger partial charge in [0.05, 0.1) is 6.61 Å². The van der Waals surface area contributed by atoms with Crippen LogP contribution in [0.2, 0.25) is 0 Å². The van der Waals surface area contributed by atoms with E-state index in [1.54, 1.807) is 24.5 Å². The summed E-state index contributed by atoms with van der Waals surface area (Å²) in [5, 5.41) is 6.99. The molecule has 0 saturated carbocycles. The minimum absolute atomic E-state index is 0.0101. The van der Waals surface area contributed by atoms with E-state index in [4.69, 9.17) is 4.74 Å². The van der Waals surface area contributed by atoms with Gasteiger partial charge in [-0.25, -0.2) is 4.98 Å². The number of aromatic nitrogens is 3. The van der Waals surface area contributed by atoms with Crippen molar-refractivity contribution < 1.29 is 9.53 Å². The van der Waals surface area contributed by atoms with Crippen LogP contribution in [0.5, 0.6) is 5.88 Å². The number of piperidine rings is 1. The maximum atomic E-state index is 12.8. The van der Waals surface area contributed by atoms with E-state index in [9.17, 15) is 4.79 Å². The molecule has 1 fully saturated rings. The van der Waals surface area contributed by atoms with E-state index in [0.29, 0.717) is 24.0 Å². The second-order valence-electron chi connectivity index (χ2n) is 5.83. The van der Waals surface area contributed by atoms with Crippen molar-refractivity contribution in [1.29, 1.82) is 0 Å². The lowest BCUT2D eigenvalue weighted by atomic mass is 9.93. The Bertz CT molecular complexity index is 642. The number of H-pyrrole nitrogens is 1. The molecule has 1 amide bonds. The zero-order valence-electron chi connectivity index (χ0n) is 13.4. The van der Waals surface area contributed by atoms with E-state index in [1.165, 1.54) is 0 Å². The van der Waals surface area contributed by atoms with Crippen molar-refractivity contribution in [2.75, 3.05) is 19.7 Å². The Balaban J connectivity index is 1.69. The molecule has 2 aromatic heterocycles. The third-order valence-electron chi connectivity index (χ3n) is 4.16. The Morgan fingerprint density at radius 1 is 1.43 bits per heavy atom. The predicted molar refractivity (Wildman–Crippen MR) is 86.3 cm³/mol. The highest BCUT2D eigenvalue weighted by Crippen LogP contribution is 2.24. The van der Waals surface area contributed by atoms with Crippen LogP contribution in [0.4, 0.5) is 0 Å². The molecule has 23 heavy (non-hydrogen) atoms. The average molecular weight is 314 g/mol. The summed E-state index contributed by atoms with van der Waals surface area (Å²) in [6, 6.07) is 5.57. The summed E-state index contributed by atoms with van der Waals surface area (Å²) in [5.74, 6) is 0.895. The summed E-state index contributed by atoms with van der Waals surface area (Å²) >= 11 is 0. The molecule has 6 nitrogen and oxygen atoms in total. The molecule has 6 heteroatoms. The molecule has 122 valence electrons. The van der Waals surface area contributed by atoms with Crippen molar-refractivity contribution in [2.45, 2.75) is 26.2 Å². The van der Waals surface area contributed by atoms with E-state index in [1.807, 2.05) is 17.9 Å². The van der Waals surface area contributed by atoms with Gasteiger partial charge >= 0.3 is 0 Å². The van der Waals surface area contributed by atoms with E-state index in [2.05, 4.69) is 15.2 Å². The fraction of sp³-hybridized carbons (Fsp3) is 0.471.